The van der Waals surface area contributed by atoms with Crippen molar-refractivity contribution in [2.24, 2.45) is 0 Å². The van der Waals surface area contributed by atoms with E-state index in [0.29, 0.717) is 23.5 Å². The Morgan fingerprint density at radius 3 is 1.80 bits per heavy atom. The molecular formula is C31H57NO11P+. The van der Waals surface area contributed by atoms with Gasteiger partial charge in [0.05, 0.1) is 34.2 Å². The largest absolute Gasteiger partial charge is 0.478 e. The molecule has 0 aromatic carbocycles. The second-order valence-corrected chi connectivity index (χ2v) is 13.5. The van der Waals surface area contributed by atoms with E-state index in [1.54, 1.807) is 0 Å². The third kappa shape index (κ3) is 28.6. The number of carbonyl (C=O) groups is 4. The minimum atomic E-state index is -4.48. The molecule has 13 heteroatoms. The van der Waals surface area contributed by atoms with Crippen LogP contribution in [-0.2, 0) is 42.3 Å². The van der Waals surface area contributed by atoms with Crippen molar-refractivity contribution in [3.05, 3.63) is 12.2 Å². The van der Waals surface area contributed by atoms with Crippen molar-refractivity contribution in [2.45, 2.75) is 116 Å². The van der Waals surface area contributed by atoms with Crippen LogP contribution < -0.4 is 0 Å². The number of rotatable bonds is 29. The number of esters is 2. The maximum Gasteiger partial charge on any atom is 0.472 e. The highest BCUT2D eigenvalue weighted by molar-refractivity contribution is 7.47. The predicted molar refractivity (Wildman–Crippen MR) is 167 cm³/mol. The van der Waals surface area contributed by atoms with Crippen LogP contribution in [0.1, 0.15) is 110 Å². The molecule has 0 amide bonds. The molecule has 0 aromatic rings. The summed E-state index contributed by atoms with van der Waals surface area (Å²) in [6, 6.07) is 0. The third-order valence-electron chi connectivity index (χ3n) is 6.64. The standard InChI is InChI=1S/C31H56NO11P/c1-5-6-7-8-9-10-11-12-13-14-15-16-17-18-30(36)40-25-28(26-42-44(38,39)41-24-23-32(2,3)4)43-31(37)22-20-27(33)19-21-29(34)35/h19,21,28H,5-18,20,22-26H2,1-4H3,(H-,34,35,38,39)/p+1/b21-19+/t28-/m1/s1. The van der Waals surface area contributed by atoms with E-state index >= 15 is 0 Å². The van der Waals surface area contributed by atoms with Gasteiger partial charge >= 0.3 is 25.7 Å². The van der Waals surface area contributed by atoms with Gasteiger partial charge < -0.3 is 24.0 Å². The van der Waals surface area contributed by atoms with E-state index in [-0.39, 0.29) is 25.9 Å². The van der Waals surface area contributed by atoms with E-state index in [9.17, 15) is 28.6 Å². The van der Waals surface area contributed by atoms with E-state index in [2.05, 4.69) is 6.92 Å². The summed E-state index contributed by atoms with van der Waals surface area (Å²) in [5.74, 6) is -3.22. The Kier molecular flexibility index (Phi) is 23.9. The maximum atomic E-state index is 12.3. The van der Waals surface area contributed by atoms with Crippen LogP contribution in [0.4, 0.5) is 0 Å². The molecule has 0 aliphatic carbocycles. The number of carboxylic acids is 1. The molecule has 0 fully saturated rings. The van der Waals surface area contributed by atoms with Gasteiger partial charge in [0.15, 0.2) is 11.9 Å². The Balaban J connectivity index is 4.53. The highest BCUT2D eigenvalue weighted by Crippen LogP contribution is 2.43. The minimum absolute atomic E-state index is 0.0538. The molecule has 12 nitrogen and oxygen atoms in total. The van der Waals surface area contributed by atoms with Crippen molar-refractivity contribution in [2.75, 3.05) is 47.5 Å². The van der Waals surface area contributed by atoms with Crippen molar-refractivity contribution in [1.29, 1.82) is 0 Å². The first kappa shape index (κ1) is 41.9. The molecule has 0 aliphatic heterocycles. The Morgan fingerprint density at radius 1 is 0.727 bits per heavy atom. The fourth-order valence-electron chi connectivity index (χ4n) is 4.02. The van der Waals surface area contributed by atoms with Crippen LogP contribution in [-0.4, -0.2) is 91.8 Å². The molecule has 0 saturated carbocycles. The lowest BCUT2D eigenvalue weighted by Gasteiger charge is -2.24. The SMILES string of the molecule is CCCCCCCCCCCCCCCC(=O)OC[C@H](COP(=O)(O)OCC[N+](C)(C)C)OC(=O)CCC(=O)/C=C/C(=O)O. The number of likely N-dealkylation sites (N-methyl/N-ethyl adjacent to an activating group) is 1. The number of carbonyl (C=O) groups excluding carboxylic acids is 3. The molecule has 0 heterocycles. The summed E-state index contributed by atoms with van der Waals surface area (Å²) in [5.41, 5.74) is 0. The van der Waals surface area contributed by atoms with Gasteiger partial charge in [0.2, 0.25) is 0 Å². The summed E-state index contributed by atoms with van der Waals surface area (Å²) >= 11 is 0. The number of ketones is 1. The molecule has 256 valence electrons. The van der Waals surface area contributed by atoms with E-state index in [0.717, 1.165) is 25.3 Å². The minimum Gasteiger partial charge on any atom is -0.478 e. The molecule has 2 N–H and O–H groups in total. The van der Waals surface area contributed by atoms with Crippen molar-refractivity contribution >= 4 is 31.5 Å². The summed E-state index contributed by atoms with van der Waals surface area (Å²) in [7, 11) is 1.18. The zero-order valence-electron chi connectivity index (χ0n) is 27.3. The Morgan fingerprint density at radius 2 is 1.27 bits per heavy atom. The number of unbranched alkanes of at least 4 members (excludes halogenated alkanes) is 12. The van der Waals surface area contributed by atoms with Crippen LogP contribution >= 0.6 is 7.82 Å². The Bertz CT molecular complexity index is 902. The van der Waals surface area contributed by atoms with Crippen LogP contribution in [0.3, 0.4) is 0 Å². The third-order valence-corrected chi connectivity index (χ3v) is 7.62. The molecule has 44 heavy (non-hydrogen) atoms. The van der Waals surface area contributed by atoms with Gasteiger partial charge in [-0.15, -0.1) is 0 Å². The van der Waals surface area contributed by atoms with Crippen LogP contribution in [0, 0.1) is 0 Å². The van der Waals surface area contributed by atoms with Crippen LogP contribution in [0.25, 0.3) is 0 Å². The molecule has 0 aromatic heterocycles. The summed E-state index contributed by atoms with van der Waals surface area (Å²) in [4.78, 5) is 56.8. The normalized spacial score (nSPS) is 13.8. The number of carboxylic acid groups (broad SMARTS) is 1. The lowest BCUT2D eigenvalue weighted by Crippen LogP contribution is -2.37. The average molecular weight is 651 g/mol. The van der Waals surface area contributed by atoms with Crippen molar-refractivity contribution < 1.29 is 56.7 Å². The number of phosphoric acid groups is 1. The van der Waals surface area contributed by atoms with Crippen molar-refractivity contribution in [3.63, 3.8) is 0 Å². The molecule has 0 saturated heterocycles. The maximum absolute atomic E-state index is 12.3. The topological polar surface area (TPSA) is 163 Å². The monoisotopic (exact) mass is 650 g/mol. The summed E-state index contributed by atoms with van der Waals surface area (Å²) < 4.78 is 33.2. The second kappa shape index (κ2) is 25.1. The number of phosphoric ester groups is 1. The number of ether oxygens (including phenoxy) is 2. The van der Waals surface area contributed by atoms with Gasteiger partial charge in [0.1, 0.15) is 19.8 Å². The number of hydrogen-bond donors (Lipinski definition) is 2. The van der Waals surface area contributed by atoms with E-state index in [4.69, 9.17) is 23.6 Å². The fourth-order valence-corrected chi connectivity index (χ4v) is 4.77. The zero-order chi connectivity index (χ0) is 33.3. The lowest BCUT2D eigenvalue weighted by atomic mass is 10.0. The fraction of sp³-hybridized carbons (Fsp3) is 0.806. The van der Waals surface area contributed by atoms with E-state index in [1.807, 2.05) is 21.1 Å². The van der Waals surface area contributed by atoms with Gasteiger partial charge in [0.25, 0.3) is 0 Å². The Labute approximate surface area is 263 Å². The molecule has 0 spiro atoms. The molecule has 2 atom stereocenters. The summed E-state index contributed by atoms with van der Waals surface area (Å²) in [6.07, 6.45) is 15.2. The molecule has 0 bridgehead atoms. The number of quaternary nitrogens is 1. The first-order valence-electron chi connectivity index (χ1n) is 16.0. The van der Waals surface area contributed by atoms with Gasteiger partial charge in [-0.3, -0.25) is 23.4 Å². The van der Waals surface area contributed by atoms with Gasteiger partial charge in [-0.1, -0.05) is 84.0 Å². The zero-order valence-corrected chi connectivity index (χ0v) is 28.2. The van der Waals surface area contributed by atoms with Gasteiger partial charge in [-0.25, -0.2) is 9.36 Å². The van der Waals surface area contributed by atoms with E-state index in [1.165, 1.54) is 57.8 Å². The lowest BCUT2D eigenvalue weighted by molar-refractivity contribution is -0.870. The highest BCUT2D eigenvalue weighted by atomic mass is 31.2. The highest BCUT2D eigenvalue weighted by Gasteiger charge is 2.27. The molecule has 1 unspecified atom stereocenters. The number of aliphatic carboxylic acids is 1. The van der Waals surface area contributed by atoms with Crippen molar-refractivity contribution in [1.82, 2.24) is 0 Å². The van der Waals surface area contributed by atoms with Crippen LogP contribution in [0.15, 0.2) is 12.2 Å². The van der Waals surface area contributed by atoms with Crippen LogP contribution in [0.5, 0.6) is 0 Å². The van der Waals surface area contributed by atoms with Crippen LogP contribution in [0.2, 0.25) is 0 Å². The predicted octanol–water partition coefficient (Wildman–Crippen LogP) is 5.75. The quantitative estimate of drug-likeness (QED) is 0.0333. The summed E-state index contributed by atoms with van der Waals surface area (Å²) in [6.45, 7) is 1.62. The Hall–Kier alpha value is -2.11. The number of hydrogen-bond acceptors (Lipinski definition) is 9. The number of nitrogens with zero attached hydrogens (tertiary/aromatic N) is 1. The molecular weight excluding hydrogens is 593 g/mol. The second-order valence-electron chi connectivity index (χ2n) is 12.0. The smallest absolute Gasteiger partial charge is 0.472 e. The first-order valence-corrected chi connectivity index (χ1v) is 17.4. The first-order chi connectivity index (χ1) is 20.7. The van der Waals surface area contributed by atoms with Gasteiger partial charge in [-0.2, -0.15) is 0 Å². The molecule has 0 aliphatic rings. The summed E-state index contributed by atoms with van der Waals surface area (Å²) in [5, 5.41) is 8.59. The molecule has 0 radical (unpaired) electrons. The average Bonchev–Trinajstić information content (AvgIpc) is 2.93. The van der Waals surface area contributed by atoms with Crippen molar-refractivity contribution in [3.8, 4) is 0 Å². The van der Waals surface area contributed by atoms with E-state index < -0.39 is 50.8 Å². The van der Waals surface area contributed by atoms with Gasteiger partial charge in [0, 0.05) is 18.9 Å². The van der Waals surface area contributed by atoms with Gasteiger partial charge in [-0.05, 0) is 12.5 Å². The number of allylic oxidation sites excluding steroid dienone is 1. The molecule has 0 rings (SSSR count).